The largest absolute Gasteiger partial charge is 0.368 e. The van der Waals surface area contributed by atoms with Crippen LogP contribution in [0.1, 0.15) is 95.9 Å². The van der Waals surface area contributed by atoms with Crippen LogP contribution in [-0.2, 0) is 0 Å². The molecular formula is C24H42N8. The normalized spacial score (nSPS) is 21.9. The number of aromatic nitrogens is 4. The molecule has 2 aliphatic rings. The van der Waals surface area contributed by atoms with Gasteiger partial charge in [-0.2, -0.15) is 9.97 Å². The highest BCUT2D eigenvalue weighted by Crippen LogP contribution is 2.33. The van der Waals surface area contributed by atoms with Crippen LogP contribution in [0.15, 0.2) is 6.33 Å². The Bertz CT molecular complexity index is 821. The number of nitrogens with zero attached hydrogens (tertiary/aromatic N) is 4. The minimum Gasteiger partial charge on any atom is -0.368 e. The molecule has 8 nitrogen and oxygen atoms in total. The summed E-state index contributed by atoms with van der Waals surface area (Å²) in [5.74, 6) is 1.59. The predicted octanol–water partition coefficient (Wildman–Crippen LogP) is 4.33. The summed E-state index contributed by atoms with van der Waals surface area (Å²) < 4.78 is 2.29. The lowest BCUT2D eigenvalue weighted by Gasteiger charge is -2.27. The maximum atomic E-state index is 6.09. The van der Waals surface area contributed by atoms with E-state index >= 15 is 0 Å². The van der Waals surface area contributed by atoms with Gasteiger partial charge in [-0.1, -0.05) is 38.5 Å². The molecular weight excluding hydrogens is 400 g/mol. The quantitative estimate of drug-likeness (QED) is 0.361. The molecule has 0 aliphatic heterocycles. The van der Waals surface area contributed by atoms with Gasteiger partial charge in [0.15, 0.2) is 17.0 Å². The van der Waals surface area contributed by atoms with Crippen molar-refractivity contribution in [3.05, 3.63) is 6.33 Å². The number of fused-ring (bicyclic) bond motifs is 1. The molecule has 0 saturated heterocycles. The number of hydrogen-bond donors (Lipinski definition) is 4. The average Bonchev–Trinajstić information content (AvgIpc) is 3.47. The first-order valence-electron chi connectivity index (χ1n) is 12.9. The van der Waals surface area contributed by atoms with E-state index in [2.05, 4.69) is 15.2 Å². The van der Waals surface area contributed by atoms with E-state index < -0.39 is 0 Å². The fourth-order valence-corrected chi connectivity index (χ4v) is 5.18. The SMILES string of the molecule is NCCCCCCCCNc1nc(NC2CCC(N)CC2)nc2c1ncn2C1CCCC1. The first-order valence-corrected chi connectivity index (χ1v) is 12.9. The molecule has 32 heavy (non-hydrogen) atoms. The summed E-state index contributed by atoms with van der Waals surface area (Å²) in [7, 11) is 0. The molecule has 0 amide bonds. The summed E-state index contributed by atoms with van der Waals surface area (Å²) in [6, 6.07) is 1.25. The van der Waals surface area contributed by atoms with Gasteiger partial charge in [-0.25, -0.2) is 4.98 Å². The number of hydrogen-bond acceptors (Lipinski definition) is 7. The van der Waals surface area contributed by atoms with E-state index in [0.29, 0.717) is 18.1 Å². The summed E-state index contributed by atoms with van der Waals surface area (Å²) in [6.07, 6.45) is 18.6. The third-order valence-electron chi connectivity index (χ3n) is 7.17. The van der Waals surface area contributed by atoms with Crippen molar-refractivity contribution in [3.63, 3.8) is 0 Å². The number of nitrogens with two attached hydrogens (primary N) is 2. The maximum absolute atomic E-state index is 6.09. The van der Waals surface area contributed by atoms with Crippen molar-refractivity contribution in [1.82, 2.24) is 19.5 Å². The molecule has 4 rings (SSSR count). The van der Waals surface area contributed by atoms with Gasteiger partial charge in [-0.3, -0.25) is 0 Å². The summed E-state index contributed by atoms with van der Waals surface area (Å²) in [5, 5.41) is 7.17. The van der Waals surface area contributed by atoms with Gasteiger partial charge in [0.2, 0.25) is 5.95 Å². The summed E-state index contributed by atoms with van der Waals surface area (Å²) in [5.41, 5.74) is 13.5. The van der Waals surface area contributed by atoms with Crippen LogP contribution in [0.5, 0.6) is 0 Å². The third-order valence-corrected chi connectivity index (χ3v) is 7.17. The zero-order valence-corrected chi connectivity index (χ0v) is 19.6. The molecule has 8 heteroatoms. The van der Waals surface area contributed by atoms with Crippen LogP contribution in [-0.4, -0.2) is 44.7 Å². The lowest BCUT2D eigenvalue weighted by molar-refractivity contribution is 0.410. The Hall–Kier alpha value is -1.93. The molecule has 0 radical (unpaired) electrons. The Balaban J connectivity index is 1.43. The summed E-state index contributed by atoms with van der Waals surface area (Å²) in [6.45, 7) is 1.72. The number of unbranched alkanes of at least 4 members (excludes halogenated alkanes) is 5. The fourth-order valence-electron chi connectivity index (χ4n) is 5.18. The number of imidazole rings is 1. The van der Waals surface area contributed by atoms with E-state index in [9.17, 15) is 0 Å². The van der Waals surface area contributed by atoms with Crippen LogP contribution < -0.4 is 22.1 Å². The van der Waals surface area contributed by atoms with Crippen LogP contribution in [0, 0.1) is 0 Å². The molecule has 2 fully saturated rings. The fraction of sp³-hybridized carbons (Fsp3) is 0.792. The van der Waals surface area contributed by atoms with Gasteiger partial charge >= 0.3 is 0 Å². The minimum absolute atomic E-state index is 0.341. The van der Waals surface area contributed by atoms with Crippen molar-refractivity contribution in [2.24, 2.45) is 11.5 Å². The Morgan fingerprint density at radius 1 is 0.906 bits per heavy atom. The van der Waals surface area contributed by atoms with Gasteiger partial charge in [-0.15, -0.1) is 0 Å². The van der Waals surface area contributed by atoms with Crippen molar-refractivity contribution < 1.29 is 0 Å². The third kappa shape index (κ3) is 6.10. The van der Waals surface area contributed by atoms with Crippen LogP contribution in [0.4, 0.5) is 11.8 Å². The Morgan fingerprint density at radius 3 is 2.38 bits per heavy atom. The zero-order chi connectivity index (χ0) is 22.2. The smallest absolute Gasteiger partial charge is 0.227 e. The zero-order valence-electron chi connectivity index (χ0n) is 19.6. The van der Waals surface area contributed by atoms with Crippen LogP contribution in [0.3, 0.4) is 0 Å². The molecule has 2 heterocycles. The summed E-state index contributed by atoms with van der Waals surface area (Å²) in [4.78, 5) is 14.5. The van der Waals surface area contributed by atoms with Crippen molar-refractivity contribution in [3.8, 4) is 0 Å². The molecule has 6 N–H and O–H groups in total. The van der Waals surface area contributed by atoms with Gasteiger partial charge in [0.25, 0.3) is 0 Å². The van der Waals surface area contributed by atoms with Gasteiger partial charge < -0.3 is 26.7 Å². The average molecular weight is 443 g/mol. The highest BCUT2D eigenvalue weighted by Gasteiger charge is 2.23. The van der Waals surface area contributed by atoms with Gasteiger partial charge in [0.1, 0.15) is 0 Å². The van der Waals surface area contributed by atoms with Crippen molar-refractivity contribution in [2.45, 2.75) is 108 Å². The minimum atomic E-state index is 0.341. The molecule has 0 aromatic carbocycles. The standard InChI is InChI=1S/C24H42N8/c25-15-7-3-1-2-4-8-16-27-22-21-23(32(17-28-21)20-9-5-6-10-20)31-24(30-22)29-19-13-11-18(26)12-14-19/h17-20H,1-16,25-26H2,(H2,27,29,30,31). The van der Waals surface area contributed by atoms with Crippen LogP contribution in [0.2, 0.25) is 0 Å². The van der Waals surface area contributed by atoms with E-state index in [-0.39, 0.29) is 0 Å². The monoisotopic (exact) mass is 442 g/mol. The first kappa shape index (κ1) is 23.2. The Kier molecular flexibility index (Phi) is 8.56. The van der Waals surface area contributed by atoms with Crippen LogP contribution in [0.25, 0.3) is 11.2 Å². The van der Waals surface area contributed by atoms with E-state index in [1.165, 1.54) is 51.4 Å². The van der Waals surface area contributed by atoms with E-state index in [0.717, 1.165) is 74.5 Å². The second-order valence-electron chi connectivity index (χ2n) is 9.75. The highest BCUT2D eigenvalue weighted by atomic mass is 15.2. The Morgan fingerprint density at radius 2 is 1.62 bits per heavy atom. The molecule has 2 aromatic rings. The number of rotatable bonds is 12. The number of nitrogens with one attached hydrogen (secondary N) is 2. The van der Waals surface area contributed by atoms with Gasteiger partial charge in [0, 0.05) is 24.7 Å². The highest BCUT2D eigenvalue weighted by molar-refractivity contribution is 5.84. The van der Waals surface area contributed by atoms with Crippen molar-refractivity contribution in [2.75, 3.05) is 23.7 Å². The number of anilines is 2. The van der Waals surface area contributed by atoms with Gasteiger partial charge in [0.05, 0.1) is 6.33 Å². The lowest BCUT2D eigenvalue weighted by atomic mass is 9.92. The first-order chi connectivity index (χ1) is 15.7. The molecule has 0 spiro atoms. The summed E-state index contributed by atoms with van der Waals surface area (Å²) >= 11 is 0. The molecule has 2 aliphatic carbocycles. The molecule has 0 unspecified atom stereocenters. The van der Waals surface area contributed by atoms with Crippen molar-refractivity contribution >= 4 is 22.9 Å². The maximum Gasteiger partial charge on any atom is 0.227 e. The van der Waals surface area contributed by atoms with E-state index in [4.69, 9.17) is 26.4 Å². The topological polar surface area (TPSA) is 120 Å². The lowest BCUT2D eigenvalue weighted by Crippen LogP contribution is -2.33. The Labute approximate surface area is 192 Å². The van der Waals surface area contributed by atoms with E-state index in [1.807, 2.05) is 6.33 Å². The van der Waals surface area contributed by atoms with Crippen molar-refractivity contribution in [1.29, 1.82) is 0 Å². The van der Waals surface area contributed by atoms with Gasteiger partial charge in [-0.05, 0) is 57.9 Å². The van der Waals surface area contributed by atoms with Crippen LogP contribution >= 0.6 is 0 Å². The molecule has 0 atom stereocenters. The molecule has 2 aromatic heterocycles. The molecule has 2 saturated carbocycles. The second-order valence-corrected chi connectivity index (χ2v) is 9.75. The predicted molar refractivity (Wildman–Crippen MR) is 132 cm³/mol. The van der Waals surface area contributed by atoms with E-state index in [1.54, 1.807) is 0 Å². The molecule has 0 bridgehead atoms. The second kappa shape index (κ2) is 11.8. The molecule has 178 valence electrons.